The van der Waals surface area contributed by atoms with E-state index < -0.39 is 6.04 Å². The molecule has 2 amide bonds. The van der Waals surface area contributed by atoms with Gasteiger partial charge in [0.2, 0.25) is 5.91 Å². The fraction of sp³-hybridized carbons (Fsp3) is 0.364. The summed E-state index contributed by atoms with van der Waals surface area (Å²) in [5, 5.41) is 2.62. The predicted octanol–water partition coefficient (Wildman–Crippen LogP) is 2.59. The summed E-state index contributed by atoms with van der Waals surface area (Å²) in [4.78, 5) is 26.5. The zero-order valence-corrected chi connectivity index (χ0v) is 15.9. The van der Waals surface area contributed by atoms with Crippen LogP contribution >= 0.6 is 0 Å². The largest absolute Gasteiger partial charge is 0.357 e. The number of likely N-dealkylation sites (tertiary alicyclic amines) is 1. The van der Waals surface area contributed by atoms with Gasteiger partial charge in [0.15, 0.2) is 0 Å². The molecule has 1 heterocycles. The number of carbonyl (C=O) groups is 2. The first-order chi connectivity index (χ1) is 13.0. The van der Waals surface area contributed by atoms with E-state index in [1.807, 2.05) is 24.3 Å². The van der Waals surface area contributed by atoms with E-state index in [0.717, 1.165) is 24.0 Å². The molecule has 1 aliphatic heterocycles. The third-order valence-electron chi connectivity index (χ3n) is 5.10. The molecule has 0 aromatic heterocycles. The van der Waals surface area contributed by atoms with E-state index in [-0.39, 0.29) is 17.9 Å². The molecule has 1 fully saturated rings. The molecule has 2 aromatic carbocycles. The Morgan fingerprint density at radius 3 is 2.22 bits per heavy atom. The SMILES string of the molecule is CCCc1ccc(-c2ccc(C(=O)N3CC(N)C[C@H]3C(=O)NC)cc2)cc1. The van der Waals surface area contributed by atoms with Gasteiger partial charge in [-0.1, -0.05) is 49.7 Å². The van der Waals surface area contributed by atoms with Crippen molar-refractivity contribution in [1.29, 1.82) is 0 Å². The van der Waals surface area contributed by atoms with Gasteiger partial charge in [0, 0.05) is 25.2 Å². The van der Waals surface area contributed by atoms with Crippen molar-refractivity contribution in [1.82, 2.24) is 10.2 Å². The number of nitrogens with zero attached hydrogens (tertiary/aromatic N) is 1. The molecule has 5 heteroatoms. The number of carbonyl (C=O) groups excluding carboxylic acids is 2. The maximum atomic E-state index is 12.9. The molecule has 1 unspecified atom stereocenters. The average molecular weight is 365 g/mol. The van der Waals surface area contributed by atoms with Crippen LogP contribution in [0.3, 0.4) is 0 Å². The molecule has 3 N–H and O–H groups in total. The monoisotopic (exact) mass is 365 g/mol. The first-order valence-corrected chi connectivity index (χ1v) is 9.51. The van der Waals surface area contributed by atoms with Crippen LogP contribution in [0.4, 0.5) is 0 Å². The predicted molar refractivity (Wildman–Crippen MR) is 107 cm³/mol. The molecule has 2 atom stereocenters. The summed E-state index contributed by atoms with van der Waals surface area (Å²) in [6, 6.07) is 15.4. The lowest BCUT2D eigenvalue weighted by atomic mass is 10.0. The summed E-state index contributed by atoms with van der Waals surface area (Å²) in [5.41, 5.74) is 10.1. The van der Waals surface area contributed by atoms with Crippen LogP contribution in [0.25, 0.3) is 11.1 Å². The molecule has 0 saturated carbocycles. The average Bonchev–Trinajstić information content (AvgIpc) is 3.09. The van der Waals surface area contributed by atoms with E-state index in [9.17, 15) is 9.59 Å². The van der Waals surface area contributed by atoms with Crippen LogP contribution < -0.4 is 11.1 Å². The Balaban J connectivity index is 1.76. The van der Waals surface area contributed by atoms with E-state index in [1.165, 1.54) is 5.56 Å². The molecule has 142 valence electrons. The molecule has 1 saturated heterocycles. The van der Waals surface area contributed by atoms with Crippen molar-refractivity contribution in [2.24, 2.45) is 5.73 Å². The zero-order chi connectivity index (χ0) is 19.4. The van der Waals surface area contributed by atoms with Crippen LogP contribution in [0, 0.1) is 0 Å². The fourth-order valence-electron chi connectivity index (χ4n) is 3.63. The van der Waals surface area contributed by atoms with Gasteiger partial charge in [-0.2, -0.15) is 0 Å². The molecular weight excluding hydrogens is 338 g/mol. The highest BCUT2D eigenvalue weighted by Gasteiger charge is 2.37. The van der Waals surface area contributed by atoms with Crippen molar-refractivity contribution in [2.75, 3.05) is 13.6 Å². The van der Waals surface area contributed by atoms with Gasteiger partial charge < -0.3 is 16.0 Å². The minimum absolute atomic E-state index is 0.151. The molecule has 0 bridgehead atoms. The summed E-state index contributed by atoms with van der Waals surface area (Å²) in [6.45, 7) is 2.57. The first-order valence-electron chi connectivity index (χ1n) is 9.51. The van der Waals surface area contributed by atoms with Crippen LogP contribution in [-0.2, 0) is 11.2 Å². The number of rotatable bonds is 5. The molecule has 2 aromatic rings. The molecule has 0 radical (unpaired) electrons. The van der Waals surface area contributed by atoms with E-state index in [4.69, 9.17) is 5.73 Å². The Bertz CT molecular complexity index is 799. The van der Waals surface area contributed by atoms with Crippen molar-refractivity contribution in [3.8, 4) is 11.1 Å². The lowest BCUT2D eigenvalue weighted by molar-refractivity contribution is -0.124. The first kappa shape index (κ1) is 19.1. The number of hydrogen-bond donors (Lipinski definition) is 2. The molecule has 0 aliphatic carbocycles. The number of nitrogens with one attached hydrogen (secondary N) is 1. The lowest BCUT2D eigenvalue weighted by Gasteiger charge is -2.23. The maximum Gasteiger partial charge on any atom is 0.254 e. The summed E-state index contributed by atoms with van der Waals surface area (Å²) in [5.74, 6) is -0.318. The van der Waals surface area contributed by atoms with Gasteiger partial charge in [-0.05, 0) is 41.7 Å². The maximum absolute atomic E-state index is 12.9. The van der Waals surface area contributed by atoms with Crippen molar-refractivity contribution in [3.05, 3.63) is 59.7 Å². The zero-order valence-electron chi connectivity index (χ0n) is 15.9. The van der Waals surface area contributed by atoms with Crippen molar-refractivity contribution in [2.45, 2.75) is 38.3 Å². The molecule has 0 spiro atoms. The van der Waals surface area contributed by atoms with Crippen molar-refractivity contribution < 1.29 is 9.59 Å². The number of aryl methyl sites for hydroxylation is 1. The fourth-order valence-corrected chi connectivity index (χ4v) is 3.63. The van der Waals surface area contributed by atoms with E-state index in [0.29, 0.717) is 18.5 Å². The normalized spacial score (nSPS) is 19.1. The second-order valence-corrected chi connectivity index (χ2v) is 7.11. The third-order valence-corrected chi connectivity index (χ3v) is 5.10. The van der Waals surface area contributed by atoms with Crippen molar-refractivity contribution >= 4 is 11.8 Å². The summed E-state index contributed by atoms with van der Waals surface area (Å²) in [6.07, 6.45) is 2.71. The lowest BCUT2D eigenvalue weighted by Crippen LogP contribution is -2.45. The molecule has 3 rings (SSSR count). The van der Waals surface area contributed by atoms with Gasteiger partial charge >= 0.3 is 0 Å². The van der Waals surface area contributed by atoms with Gasteiger partial charge in [-0.25, -0.2) is 0 Å². The molecule has 5 nitrogen and oxygen atoms in total. The highest BCUT2D eigenvalue weighted by atomic mass is 16.2. The summed E-state index contributed by atoms with van der Waals surface area (Å²) >= 11 is 0. The number of hydrogen-bond acceptors (Lipinski definition) is 3. The quantitative estimate of drug-likeness (QED) is 0.855. The van der Waals surface area contributed by atoms with Gasteiger partial charge in [-0.3, -0.25) is 9.59 Å². The number of nitrogens with two attached hydrogens (primary N) is 1. The highest BCUT2D eigenvalue weighted by molar-refractivity contribution is 5.98. The Hall–Kier alpha value is -2.66. The summed E-state index contributed by atoms with van der Waals surface area (Å²) in [7, 11) is 1.58. The standard InChI is InChI=1S/C22H27N3O2/c1-3-4-15-5-7-16(8-6-15)17-9-11-18(12-10-17)22(27)25-14-19(23)13-20(25)21(26)24-2/h5-12,19-20H,3-4,13-14,23H2,1-2H3,(H,24,26)/t19?,20-/m0/s1. The molecule has 27 heavy (non-hydrogen) atoms. The number of amides is 2. The van der Waals surface area contributed by atoms with Crippen LogP contribution in [0.5, 0.6) is 0 Å². The summed E-state index contributed by atoms with van der Waals surface area (Å²) < 4.78 is 0. The van der Waals surface area contributed by atoms with E-state index in [2.05, 4.69) is 36.5 Å². The van der Waals surface area contributed by atoms with Crippen LogP contribution in [0.15, 0.2) is 48.5 Å². The van der Waals surface area contributed by atoms with E-state index >= 15 is 0 Å². The molecule has 1 aliphatic rings. The van der Waals surface area contributed by atoms with Crippen LogP contribution in [0.2, 0.25) is 0 Å². The Morgan fingerprint density at radius 2 is 1.67 bits per heavy atom. The second-order valence-electron chi connectivity index (χ2n) is 7.11. The third kappa shape index (κ3) is 4.19. The Morgan fingerprint density at radius 1 is 1.07 bits per heavy atom. The van der Waals surface area contributed by atoms with E-state index in [1.54, 1.807) is 11.9 Å². The second kappa shape index (κ2) is 8.35. The van der Waals surface area contributed by atoms with Gasteiger partial charge in [0.1, 0.15) is 6.04 Å². The van der Waals surface area contributed by atoms with Crippen molar-refractivity contribution in [3.63, 3.8) is 0 Å². The topological polar surface area (TPSA) is 75.4 Å². The van der Waals surface area contributed by atoms with Crippen LogP contribution in [0.1, 0.15) is 35.7 Å². The number of benzene rings is 2. The van der Waals surface area contributed by atoms with Gasteiger partial charge in [-0.15, -0.1) is 0 Å². The Labute approximate surface area is 160 Å². The van der Waals surface area contributed by atoms with Gasteiger partial charge in [0.05, 0.1) is 0 Å². The Kier molecular flexibility index (Phi) is 5.91. The highest BCUT2D eigenvalue weighted by Crippen LogP contribution is 2.24. The smallest absolute Gasteiger partial charge is 0.254 e. The molecular formula is C22H27N3O2. The minimum atomic E-state index is -0.497. The van der Waals surface area contributed by atoms with Crippen LogP contribution in [-0.4, -0.2) is 42.4 Å². The number of likely N-dealkylation sites (N-methyl/N-ethyl adjacent to an activating group) is 1. The minimum Gasteiger partial charge on any atom is -0.357 e. The van der Waals surface area contributed by atoms with Gasteiger partial charge in [0.25, 0.3) is 5.91 Å².